The molecule has 0 radical (unpaired) electrons. The van der Waals surface area contributed by atoms with Crippen molar-refractivity contribution in [2.75, 3.05) is 6.54 Å². The van der Waals surface area contributed by atoms with Gasteiger partial charge in [-0.3, -0.25) is 24.5 Å². The van der Waals surface area contributed by atoms with Gasteiger partial charge >= 0.3 is 5.97 Å². The number of nitrogens with zero attached hydrogens (tertiary/aromatic N) is 2. The summed E-state index contributed by atoms with van der Waals surface area (Å²) in [7, 11) is 0. The molecule has 2 aromatic rings. The Morgan fingerprint density at radius 3 is 2.21 bits per heavy atom. The monoisotopic (exact) mass is 456 g/mol. The first-order chi connectivity index (χ1) is 15.7. The predicted octanol–water partition coefficient (Wildman–Crippen LogP) is 3.80. The van der Waals surface area contributed by atoms with Crippen LogP contribution in [0.4, 0.5) is 10.1 Å². The fraction of sp³-hybridized carbons (Fsp3) is 0.261. The van der Waals surface area contributed by atoms with Gasteiger partial charge in [0.05, 0.1) is 16.5 Å². The molecule has 2 N–H and O–H groups in total. The number of hydrogen-bond donors (Lipinski definition) is 2. The van der Waals surface area contributed by atoms with Gasteiger partial charge in [-0.1, -0.05) is 6.42 Å². The lowest BCUT2D eigenvalue weighted by Crippen LogP contribution is -2.30. The van der Waals surface area contributed by atoms with E-state index in [1.807, 2.05) is 0 Å². The van der Waals surface area contributed by atoms with Crippen molar-refractivity contribution >= 4 is 29.1 Å². The molecule has 3 rings (SSSR count). The third-order valence-electron chi connectivity index (χ3n) is 5.37. The van der Waals surface area contributed by atoms with E-state index in [0.29, 0.717) is 24.8 Å². The third-order valence-corrected chi connectivity index (χ3v) is 5.37. The highest BCUT2D eigenvalue weighted by atomic mass is 19.1. The summed E-state index contributed by atoms with van der Waals surface area (Å²) in [6.07, 6.45) is 1.30. The minimum absolute atomic E-state index is 0.0187. The van der Waals surface area contributed by atoms with E-state index in [9.17, 15) is 34.0 Å². The zero-order valence-corrected chi connectivity index (χ0v) is 17.4. The molecule has 0 unspecified atom stereocenters. The number of halogens is 1. The Balaban J connectivity index is 1.99. The number of hydrogen-bond acceptors (Lipinski definition) is 6. The number of likely N-dealkylation sites (tertiary alicyclic amines) is 1. The van der Waals surface area contributed by atoms with Crippen LogP contribution in [-0.4, -0.2) is 44.2 Å². The lowest BCUT2D eigenvalue weighted by atomic mass is 9.95. The summed E-state index contributed by atoms with van der Waals surface area (Å²) in [4.78, 5) is 48.0. The van der Waals surface area contributed by atoms with Crippen molar-refractivity contribution in [2.24, 2.45) is 0 Å². The molecule has 10 heteroatoms. The topological polar surface area (TPSA) is 138 Å². The molecular weight excluding hydrogens is 435 g/mol. The van der Waals surface area contributed by atoms with Crippen molar-refractivity contribution in [3.05, 3.63) is 81.2 Å². The Bertz CT molecular complexity index is 1110. The van der Waals surface area contributed by atoms with E-state index in [1.165, 1.54) is 41.3 Å². The largest absolute Gasteiger partial charge is 0.507 e. The number of benzene rings is 2. The molecule has 0 aliphatic carbocycles. The number of nitro groups is 1. The predicted molar refractivity (Wildman–Crippen MR) is 115 cm³/mol. The first kappa shape index (κ1) is 23.6. The Morgan fingerprint density at radius 2 is 1.64 bits per heavy atom. The average Bonchev–Trinajstić information content (AvgIpc) is 3.03. The van der Waals surface area contributed by atoms with Gasteiger partial charge in [0.15, 0.2) is 0 Å². The molecule has 33 heavy (non-hydrogen) atoms. The molecule has 1 aliphatic rings. The van der Waals surface area contributed by atoms with Gasteiger partial charge in [0, 0.05) is 30.7 Å². The highest BCUT2D eigenvalue weighted by Gasteiger charge is 2.45. The summed E-state index contributed by atoms with van der Waals surface area (Å²) in [5, 5.41) is 30.6. The van der Waals surface area contributed by atoms with E-state index in [-0.39, 0.29) is 29.8 Å². The summed E-state index contributed by atoms with van der Waals surface area (Å²) in [5.41, 5.74) is 0.144. The second-order valence-corrected chi connectivity index (χ2v) is 7.55. The lowest BCUT2D eigenvalue weighted by Gasteiger charge is -2.25. The van der Waals surface area contributed by atoms with Gasteiger partial charge < -0.3 is 15.1 Å². The van der Waals surface area contributed by atoms with Crippen LogP contribution in [0, 0.1) is 15.9 Å². The summed E-state index contributed by atoms with van der Waals surface area (Å²) in [6.45, 7) is 0.117. The number of carbonyl (C=O) groups is 3. The SMILES string of the molecule is O=C(O)CCCCCN1C(=O)C(=O)C(=C(O)c2ccc(F)cc2)[C@@H]1c1ccc([N+](=O)[O-])cc1. The molecule has 1 heterocycles. The highest BCUT2D eigenvalue weighted by molar-refractivity contribution is 6.46. The smallest absolute Gasteiger partial charge is 0.303 e. The van der Waals surface area contributed by atoms with Crippen molar-refractivity contribution < 1.29 is 33.9 Å². The van der Waals surface area contributed by atoms with Gasteiger partial charge in [-0.2, -0.15) is 0 Å². The first-order valence-corrected chi connectivity index (χ1v) is 10.2. The zero-order valence-electron chi connectivity index (χ0n) is 17.4. The van der Waals surface area contributed by atoms with Crippen LogP contribution in [-0.2, 0) is 14.4 Å². The Kier molecular flexibility index (Phi) is 7.17. The average molecular weight is 456 g/mol. The molecule has 1 saturated heterocycles. The van der Waals surface area contributed by atoms with Crippen LogP contribution >= 0.6 is 0 Å². The van der Waals surface area contributed by atoms with Crippen molar-refractivity contribution in [1.29, 1.82) is 0 Å². The Hall–Kier alpha value is -4.08. The summed E-state index contributed by atoms with van der Waals surface area (Å²) in [5.74, 6) is -3.73. The molecule has 0 bridgehead atoms. The normalized spacial score (nSPS) is 17.4. The van der Waals surface area contributed by atoms with Crippen molar-refractivity contribution in [3.63, 3.8) is 0 Å². The number of nitro benzene ring substituents is 1. The third kappa shape index (κ3) is 5.22. The molecule has 0 spiro atoms. The number of non-ortho nitro benzene ring substituents is 1. The van der Waals surface area contributed by atoms with Crippen LogP contribution in [0.2, 0.25) is 0 Å². The van der Waals surface area contributed by atoms with E-state index < -0.39 is 40.2 Å². The number of rotatable bonds is 9. The van der Waals surface area contributed by atoms with E-state index >= 15 is 0 Å². The number of carboxylic acid groups (broad SMARTS) is 1. The van der Waals surface area contributed by atoms with Crippen molar-refractivity contribution in [1.82, 2.24) is 4.90 Å². The van der Waals surface area contributed by atoms with Crippen LogP contribution in [0.15, 0.2) is 54.1 Å². The van der Waals surface area contributed by atoms with E-state index in [0.717, 1.165) is 12.1 Å². The quantitative estimate of drug-likeness (QED) is 0.146. The molecule has 1 atom stereocenters. The fourth-order valence-corrected chi connectivity index (χ4v) is 3.73. The Labute approximate surface area is 187 Å². The molecular formula is C23H21FN2O7. The number of aliphatic carboxylic acids is 1. The molecule has 2 aromatic carbocycles. The van der Waals surface area contributed by atoms with Gasteiger partial charge in [0.1, 0.15) is 11.6 Å². The number of aliphatic hydroxyl groups is 1. The van der Waals surface area contributed by atoms with E-state index in [2.05, 4.69) is 0 Å². The maximum absolute atomic E-state index is 13.3. The van der Waals surface area contributed by atoms with Crippen molar-refractivity contribution in [2.45, 2.75) is 31.7 Å². The number of amides is 1. The molecule has 1 amide bonds. The van der Waals surface area contributed by atoms with Crippen LogP contribution in [0.25, 0.3) is 5.76 Å². The second-order valence-electron chi connectivity index (χ2n) is 7.55. The van der Waals surface area contributed by atoms with E-state index in [4.69, 9.17) is 5.11 Å². The molecule has 0 saturated carbocycles. The number of aliphatic hydroxyl groups excluding tert-OH is 1. The summed E-state index contributed by atoms with van der Waals surface area (Å²) >= 11 is 0. The number of carboxylic acids is 1. The number of ketones is 1. The molecule has 0 aromatic heterocycles. The maximum atomic E-state index is 13.3. The minimum atomic E-state index is -1.00. The van der Waals surface area contributed by atoms with Crippen LogP contribution in [0.1, 0.15) is 42.9 Å². The van der Waals surface area contributed by atoms with E-state index in [1.54, 1.807) is 0 Å². The van der Waals surface area contributed by atoms with Gasteiger partial charge in [-0.05, 0) is 54.8 Å². The van der Waals surface area contributed by atoms with Gasteiger partial charge in [0.2, 0.25) is 0 Å². The summed E-state index contributed by atoms with van der Waals surface area (Å²) in [6, 6.07) is 9.04. The zero-order chi connectivity index (χ0) is 24.1. The van der Waals surface area contributed by atoms with Crippen LogP contribution < -0.4 is 0 Å². The number of Topliss-reactive ketones (excluding diaryl/α,β-unsaturated/α-hetero) is 1. The number of carbonyl (C=O) groups excluding carboxylic acids is 2. The number of unbranched alkanes of at least 4 members (excludes halogenated alkanes) is 2. The molecule has 1 aliphatic heterocycles. The highest BCUT2D eigenvalue weighted by Crippen LogP contribution is 2.40. The first-order valence-electron chi connectivity index (χ1n) is 10.2. The molecule has 172 valence electrons. The molecule has 1 fully saturated rings. The van der Waals surface area contributed by atoms with Gasteiger partial charge in [-0.25, -0.2) is 4.39 Å². The fourth-order valence-electron chi connectivity index (χ4n) is 3.73. The maximum Gasteiger partial charge on any atom is 0.303 e. The standard InChI is InChI=1S/C23H21FN2O7/c24-16-9-5-15(6-10-16)21(29)19-20(14-7-11-17(12-8-14)26(32)33)25(23(31)22(19)30)13-3-1-2-4-18(27)28/h5-12,20,29H,1-4,13H2,(H,27,28)/t20-/m0/s1. The second kappa shape index (κ2) is 10.0. The summed E-state index contributed by atoms with van der Waals surface area (Å²) < 4.78 is 13.3. The van der Waals surface area contributed by atoms with Crippen molar-refractivity contribution in [3.8, 4) is 0 Å². The molecule has 9 nitrogen and oxygen atoms in total. The lowest BCUT2D eigenvalue weighted by molar-refractivity contribution is -0.384. The van der Waals surface area contributed by atoms with Crippen LogP contribution in [0.3, 0.4) is 0 Å². The van der Waals surface area contributed by atoms with Gasteiger partial charge in [0.25, 0.3) is 17.4 Å². The van der Waals surface area contributed by atoms with Crippen LogP contribution in [0.5, 0.6) is 0 Å². The Morgan fingerprint density at radius 1 is 1.00 bits per heavy atom. The van der Waals surface area contributed by atoms with Gasteiger partial charge in [-0.15, -0.1) is 0 Å². The minimum Gasteiger partial charge on any atom is -0.507 e.